The van der Waals surface area contributed by atoms with E-state index in [9.17, 15) is 13.5 Å². The summed E-state index contributed by atoms with van der Waals surface area (Å²) in [7, 11) is -3.30. The molecule has 19 heavy (non-hydrogen) atoms. The summed E-state index contributed by atoms with van der Waals surface area (Å²) in [5.41, 5.74) is 0.354. The number of hydrogen-bond donors (Lipinski definition) is 2. The molecule has 1 aromatic carbocycles. The lowest BCUT2D eigenvalue weighted by molar-refractivity contribution is 0.476. The Bertz CT molecular complexity index is 698. The van der Waals surface area contributed by atoms with Gasteiger partial charge in [-0.2, -0.15) is 0 Å². The Morgan fingerprint density at radius 2 is 2.21 bits per heavy atom. The van der Waals surface area contributed by atoms with E-state index < -0.39 is 9.84 Å². The van der Waals surface area contributed by atoms with E-state index in [4.69, 9.17) is 11.6 Å². The first-order valence-electron chi connectivity index (χ1n) is 5.23. The van der Waals surface area contributed by atoms with Gasteiger partial charge in [-0.1, -0.05) is 11.6 Å². The topological polar surface area (TPSA) is 79.3 Å². The van der Waals surface area contributed by atoms with E-state index in [0.717, 1.165) is 11.1 Å². The standard InChI is InChI=1S/C11H11ClN2O3S2/c1-19(16,17)8-2-3-10(15)9(4-8)13-5-7-6-14-11(12)18-7/h2-4,6,13,15H,5H2,1H3. The Hall–Kier alpha value is -1.31. The maximum Gasteiger partial charge on any atom is 0.183 e. The number of thiazole rings is 1. The molecule has 0 bridgehead atoms. The quantitative estimate of drug-likeness (QED) is 0.847. The zero-order chi connectivity index (χ0) is 14.0. The number of nitrogens with one attached hydrogen (secondary N) is 1. The van der Waals surface area contributed by atoms with Crippen LogP contribution in [0.4, 0.5) is 5.69 Å². The number of hydrogen-bond acceptors (Lipinski definition) is 6. The third-order valence-electron chi connectivity index (χ3n) is 2.37. The van der Waals surface area contributed by atoms with E-state index in [0.29, 0.717) is 16.7 Å². The van der Waals surface area contributed by atoms with Crippen molar-refractivity contribution in [3.63, 3.8) is 0 Å². The molecule has 2 rings (SSSR count). The minimum Gasteiger partial charge on any atom is -0.506 e. The second kappa shape index (κ2) is 5.36. The Labute approximate surface area is 119 Å². The van der Waals surface area contributed by atoms with Crippen LogP contribution in [0.2, 0.25) is 4.47 Å². The molecule has 0 saturated carbocycles. The number of benzene rings is 1. The first kappa shape index (κ1) is 14.1. The van der Waals surface area contributed by atoms with Crippen molar-refractivity contribution in [2.75, 3.05) is 11.6 Å². The molecule has 0 saturated heterocycles. The van der Waals surface area contributed by atoms with Crippen molar-refractivity contribution in [1.29, 1.82) is 0 Å². The monoisotopic (exact) mass is 318 g/mol. The molecule has 1 aromatic heterocycles. The highest BCUT2D eigenvalue weighted by Crippen LogP contribution is 2.27. The van der Waals surface area contributed by atoms with Gasteiger partial charge < -0.3 is 10.4 Å². The van der Waals surface area contributed by atoms with Crippen molar-refractivity contribution in [2.24, 2.45) is 0 Å². The lowest BCUT2D eigenvalue weighted by Gasteiger charge is -2.08. The van der Waals surface area contributed by atoms with Crippen molar-refractivity contribution in [1.82, 2.24) is 4.98 Å². The van der Waals surface area contributed by atoms with Crippen molar-refractivity contribution < 1.29 is 13.5 Å². The van der Waals surface area contributed by atoms with Crippen molar-refractivity contribution >= 4 is 38.5 Å². The number of halogens is 1. The van der Waals surface area contributed by atoms with Crippen LogP contribution >= 0.6 is 22.9 Å². The Morgan fingerprint density at radius 3 is 2.79 bits per heavy atom. The number of aromatic hydroxyl groups is 1. The molecule has 8 heteroatoms. The molecule has 0 aliphatic heterocycles. The molecular weight excluding hydrogens is 308 g/mol. The Kier molecular flexibility index (Phi) is 3.98. The highest BCUT2D eigenvalue weighted by molar-refractivity contribution is 7.90. The minimum absolute atomic E-state index is 0.0111. The molecule has 2 aromatic rings. The zero-order valence-corrected chi connectivity index (χ0v) is 12.3. The SMILES string of the molecule is CS(=O)(=O)c1ccc(O)c(NCc2cnc(Cl)s2)c1. The second-order valence-electron chi connectivity index (χ2n) is 3.88. The molecule has 0 aliphatic rings. The fraction of sp³-hybridized carbons (Fsp3) is 0.182. The normalized spacial score (nSPS) is 11.5. The van der Waals surface area contributed by atoms with Crippen LogP contribution in [-0.4, -0.2) is 24.8 Å². The Morgan fingerprint density at radius 1 is 1.47 bits per heavy atom. The van der Waals surface area contributed by atoms with Gasteiger partial charge in [0.15, 0.2) is 14.3 Å². The van der Waals surface area contributed by atoms with Crippen molar-refractivity contribution in [2.45, 2.75) is 11.4 Å². The van der Waals surface area contributed by atoms with Gasteiger partial charge in [0, 0.05) is 17.3 Å². The van der Waals surface area contributed by atoms with E-state index in [-0.39, 0.29) is 10.6 Å². The molecule has 0 aliphatic carbocycles. The molecule has 1 heterocycles. The third kappa shape index (κ3) is 3.59. The van der Waals surface area contributed by atoms with Gasteiger partial charge in [0.05, 0.1) is 17.1 Å². The van der Waals surface area contributed by atoms with E-state index in [1.807, 2.05) is 0 Å². The highest BCUT2D eigenvalue weighted by Gasteiger charge is 2.11. The van der Waals surface area contributed by atoms with Crippen LogP contribution in [0.1, 0.15) is 4.88 Å². The number of nitrogens with zero attached hydrogens (tertiary/aromatic N) is 1. The number of anilines is 1. The van der Waals surface area contributed by atoms with Gasteiger partial charge in [0.2, 0.25) is 0 Å². The van der Waals surface area contributed by atoms with Gasteiger partial charge in [0.25, 0.3) is 0 Å². The number of rotatable bonds is 4. The summed E-state index contributed by atoms with van der Waals surface area (Å²) >= 11 is 7.02. The lowest BCUT2D eigenvalue weighted by atomic mass is 10.3. The van der Waals surface area contributed by atoms with Crippen LogP contribution < -0.4 is 5.32 Å². The largest absolute Gasteiger partial charge is 0.506 e. The number of phenols is 1. The maximum absolute atomic E-state index is 11.4. The molecule has 0 amide bonds. The zero-order valence-electron chi connectivity index (χ0n) is 9.92. The Balaban J connectivity index is 2.20. The van der Waals surface area contributed by atoms with Gasteiger partial charge in [-0.25, -0.2) is 13.4 Å². The van der Waals surface area contributed by atoms with Crippen LogP contribution in [0.15, 0.2) is 29.3 Å². The fourth-order valence-electron chi connectivity index (χ4n) is 1.44. The summed E-state index contributed by atoms with van der Waals surface area (Å²) in [5.74, 6) is -0.0111. The summed E-state index contributed by atoms with van der Waals surface area (Å²) < 4.78 is 23.3. The van der Waals surface area contributed by atoms with E-state index in [1.54, 1.807) is 6.20 Å². The molecule has 102 valence electrons. The molecule has 2 N–H and O–H groups in total. The van der Waals surface area contributed by atoms with Crippen LogP contribution in [0.25, 0.3) is 0 Å². The van der Waals surface area contributed by atoms with Crippen LogP contribution in [-0.2, 0) is 16.4 Å². The summed E-state index contributed by atoms with van der Waals surface area (Å²) in [6.45, 7) is 0.408. The van der Waals surface area contributed by atoms with Gasteiger partial charge in [-0.05, 0) is 18.2 Å². The molecular formula is C11H11ClN2O3S2. The third-order valence-corrected chi connectivity index (χ3v) is 4.60. The van der Waals surface area contributed by atoms with Crippen LogP contribution in [0.3, 0.4) is 0 Å². The highest BCUT2D eigenvalue weighted by atomic mass is 35.5. The lowest BCUT2D eigenvalue weighted by Crippen LogP contribution is -2.01. The summed E-state index contributed by atoms with van der Waals surface area (Å²) in [5, 5.41) is 12.6. The predicted octanol–water partition coefficient (Wildman–Crippen LogP) is 2.52. The molecule has 5 nitrogen and oxygen atoms in total. The van der Waals surface area contributed by atoms with Crippen molar-refractivity contribution in [3.05, 3.63) is 33.7 Å². The average Bonchev–Trinajstić information content (AvgIpc) is 2.72. The maximum atomic E-state index is 11.4. The van der Waals surface area contributed by atoms with Crippen LogP contribution in [0.5, 0.6) is 5.75 Å². The molecule has 0 unspecified atom stereocenters. The minimum atomic E-state index is -3.30. The molecule has 0 spiro atoms. The molecule has 0 atom stereocenters. The predicted molar refractivity (Wildman–Crippen MR) is 75.7 cm³/mol. The second-order valence-corrected chi connectivity index (χ2v) is 7.60. The summed E-state index contributed by atoms with van der Waals surface area (Å²) in [6, 6.07) is 4.10. The van der Waals surface area contributed by atoms with Gasteiger partial charge in [0.1, 0.15) is 5.75 Å². The average molecular weight is 319 g/mol. The van der Waals surface area contributed by atoms with E-state index >= 15 is 0 Å². The first-order valence-corrected chi connectivity index (χ1v) is 8.32. The van der Waals surface area contributed by atoms with Gasteiger partial charge >= 0.3 is 0 Å². The first-order chi connectivity index (χ1) is 8.86. The smallest absolute Gasteiger partial charge is 0.183 e. The number of sulfone groups is 1. The van der Waals surface area contributed by atoms with E-state index in [1.165, 1.54) is 29.5 Å². The van der Waals surface area contributed by atoms with Gasteiger partial charge in [-0.3, -0.25) is 0 Å². The summed E-state index contributed by atoms with van der Waals surface area (Å²) in [6.07, 6.45) is 2.74. The number of phenolic OH excluding ortho intramolecular Hbond substituents is 1. The molecule has 0 radical (unpaired) electrons. The van der Waals surface area contributed by atoms with Gasteiger partial charge in [-0.15, -0.1) is 11.3 Å². The fourth-order valence-corrected chi connectivity index (χ4v) is 3.00. The van der Waals surface area contributed by atoms with Crippen LogP contribution in [0, 0.1) is 0 Å². The molecule has 0 fully saturated rings. The number of aromatic nitrogens is 1. The van der Waals surface area contributed by atoms with Crippen molar-refractivity contribution in [3.8, 4) is 5.75 Å². The summed E-state index contributed by atoms with van der Waals surface area (Å²) in [4.78, 5) is 4.93. The van der Waals surface area contributed by atoms with E-state index in [2.05, 4.69) is 10.3 Å².